The van der Waals surface area contributed by atoms with Gasteiger partial charge in [0.05, 0.1) is 0 Å². The Labute approximate surface area is 111 Å². The molecule has 2 nitrogen and oxygen atoms in total. The fourth-order valence-electron chi connectivity index (χ4n) is 3.65. The molecule has 0 unspecified atom stereocenters. The van der Waals surface area contributed by atoms with Crippen molar-refractivity contribution in [2.75, 3.05) is 0 Å². The van der Waals surface area contributed by atoms with E-state index in [1.54, 1.807) is 0 Å². The Bertz CT molecular complexity index is 265. The molecule has 2 fully saturated rings. The zero-order valence-electron chi connectivity index (χ0n) is 11.4. The van der Waals surface area contributed by atoms with Crippen LogP contribution in [-0.4, -0.2) is 21.9 Å². The van der Waals surface area contributed by atoms with Crippen molar-refractivity contribution in [3.8, 4) is 0 Å². The molecule has 0 atom stereocenters. The van der Waals surface area contributed by atoms with Crippen LogP contribution in [0.3, 0.4) is 0 Å². The monoisotopic (exact) mass is 246 g/mol. The van der Waals surface area contributed by atoms with Crippen molar-refractivity contribution in [2.45, 2.75) is 76.3 Å². The number of hydrogen-bond acceptors (Lipinski definition) is 2. The van der Waals surface area contributed by atoms with E-state index in [-0.39, 0.29) is 0 Å². The number of rotatable bonds is 2. The standard InChI is InChI=1S/C16H26N2/c1-3-7-15(8-4-1)17-11-13-18(14-12-17)16-9-5-2-6-10-16/h11-16H,1-10H2. The molecular formula is C16H26N2. The van der Waals surface area contributed by atoms with Gasteiger partial charge in [-0.25, -0.2) is 0 Å². The molecule has 1 aliphatic heterocycles. The highest BCUT2D eigenvalue weighted by atomic mass is 15.2. The molecule has 0 aromatic carbocycles. The Morgan fingerprint density at radius 3 is 1.17 bits per heavy atom. The highest BCUT2D eigenvalue weighted by Crippen LogP contribution is 2.27. The molecular weight excluding hydrogens is 220 g/mol. The first-order valence-electron chi connectivity index (χ1n) is 7.85. The third-order valence-corrected chi connectivity index (χ3v) is 4.81. The fraction of sp³-hybridized carbons (Fsp3) is 0.750. The van der Waals surface area contributed by atoms with Crippen molar-refractivity contribution in [2.24, 2.45) is 0 Å². The quantitative estimate of drug-likeness (QED) is 0.720. The van der Waals surface area contributed by atoms with Crippen LogP contribution in [0.1, 0.15) is 64.2 Å². The van der Waals surface area contributed by atoms with Crippen LogP contribution < -0.4 is 0 Å². The molecule has 100 valence electrons. The molecule has 0 spiro atoms. The van der Waals surface area contributed by atoms with Crippen LogP contribution in [0.2, 0.25) is 0 Å². The van der Waals surface area contributed by atoms with Crippen LogP contribution in [0.5, 0.6) is 0 Å². The van der Waals surface area contributed by atoms with Crippen molar-refractivity contribution in [1.29, 1.82) is 0 Å². The summed E-state index contributed by atoms with van der Waals surface area (Å²) in [6, 6.07) is 1.53. The molecule has 0 saturated heterocycles. The Morgan fingerprint density at radius 2 is 0.833 bits per heavy atom. The summed E-state index contributed by atoms with van der Waals surface area (Å²) in [4.78, 5) is 4.89. The van der Waals surface area contributed by atoms with Gasteiger partial charge in [0.25, 0.3) is 0 Å². The van der Waals surface area contributed by atoms with E-state index < -0.39 is 0 Å². The van der Waals surface area contributed by atoms with Gasteiger partial charge in [-0.2, -0.15) is 0 Å². The zero-order chi connectivity index (χ0) is 12.2. The Morgan fingerprint density at radius 1 is 0.500 bits per heavy atom. The summed E-state index contributed by atoms with van der Waals surface area (Å²) in [5.74, 6) is 0. The van der Waals surface area contributed by atoms with E-state index in [9.17, 15) is 0 Å². The van der Waals surface area contributed by atoms with Crippen LogP contribution in [-0.2, 0) is 0 Å². The molecule has 2 saturated carbocycles. The van der Waals surface area contributed by atoms with Crippen LogP contribution in [0.15, 0.2) is 24.8 Å². The number of hydrogen-bond donors (Lipinski definition) is 0. The SMILES string of the molecule is C1=CN(C2CCCCC2)C=CN1C1CCCCC1. The van der Waals surface area contributed by atoms with E-state index in [0.717, 1.165) is 12.1 Å². The lowest BCUT2D eigenvalue weighted by Crippen LogP contribution is -2.35. The highest BCUT2D eigenvalue weighted by Gasteiger charge is 2.22. The molecule has 0 radical (unpaired) electrons. The van der Waals surface area contributed by atoms with E-state index in [1.807, 2.05) is 0 Å². The first kappa shape index (κ1) is 12.1. The molecule has 18 heavy (non-hydrogen) atoms. The molecule has 0 aromatic heterocycles. The highest BCUT2D eigenvalue weighted by molar-refractivity contribution is 5.05. The maximum atomic E-state index is 2.44. The van der Waals surface area contributed by atoms with Crippen molar-refractivity contribution in [3.05, 3.63) is 24.8 Å². The second kappa shape index (κ2) is 5.81. The molecule has 2 heteroatoms. The van der Waals surface area contributed by atoms with Crippen molar-refractivity contribution >= 4 is 0 Å². The Balaban J connectivity index is 1.55. The summed E-state index contributed by atoms with van der Waals surface area (Å²) < 4.78 is 0. The van der Waals surface area contributed by atoms with Crippen LogP contribution in [0.4, 0.5) is 0 Å². The van der Waals surface area contributed by atoms with E-state index in [4.69, 9.17) is 0 Å². The first-order chi connectivity index (χ1) is 8.93. The molecule has 0 aromatic rings. The Kier molecular flexibility index (Phi) is 3.92. The lowest BCUT2D eigenvalue weighted by molar-refractivity contribution is 0.234. The van der Waals surface area contributed by atoms with Crippen LogP contribution in [0, 0.1) is 0 Å². The lowest BCUT2D eigenvalue weighted by Gasteiger charge is -2.37. The van der Waals surface area contributed by atoms with Gasteiger partial charge in [-0.3, -0.25) is 0 Å². The normalized spacial score (nSPS) is 26.9. The lowest BCUT2D eigenvalue weighted by atomic mass is 9.93. The van der Waals surface area contributed by atoms with Gasteiger partial charge in [-0.05, 0) is 25.7 Å². The predicted octanol–water partition coefficient (Wildman–Crippen LogP) is 4.21. The molecule has 1 heterocycles. The molecule has 0 bridgehead atoms. The van der Waals surface area contributed by atoms with Gasteiger partial charge in [0.2, 0.25) is 0 Å². The summed E-state index contributed by atoms with van der Waals surface area (Å²) in [5, 5.41) is 0. The van der Waals surface area contributed by atoms with Gasteiger partial charge in [0.15, 0.2) is 0 Å². The maximum Gasteiger partial charge on any atom is 0.0331 e. The van der Waals surface area contributed by atoms with Gasteiger partial charge in [-0.1, -0.05) is 38.5 Å². The third kappa shape index (κ3) is 2.73. The predicted molar refractivity (Wildman–Crippen MR) is 75.7 cm³/mol. The van der Waals surface area contributed by atoms with Gasteiger partial charge in [0, 0.05) is 36.9 Å². The minimum atomic E-state index is 0.764. The second-order valence-electron chi connectivity index (χ2n) is 6.07. The Hall–Kier alpha value is -0.920. The average Bonchev–Trinajstić information content (AvgIpc) is 2.49. The van der Waals surface area contributed by atoms with E-state index in [2.05, 4.69) is 34.6 Å². The van der Waals surface area contributed by atoms with Gasteiger partial charge in [0.1, 0.15) is 0 Å². The third-order valence-electron chi connectivity index (χ3n) is 4.81. The summed E-state index contributed by atoms with van der Waals surface area (Å²) in [6.07, 6.45) is 23.3. The molecule has 0 amide bonds. The van der Waals surface area contributed by atoms with E-state index >= 15 is 0 Å². The second-order valence-corrected chi connectivity index (χ2v) is 6.07. The van der Waals surface area contributed by atoms with Crippen LogP contribution in [0.25, 0.3) is 0 Å². The minimum Gasteiger partial charge on any atom is -0.348 e. The summed E-state index contributed by atoms with van der Waals surface area (Å²) >= 11 is 0. The molecule has 3 aliphatic rings. The average molecular weight is 246 g/mol. The van der Waals surface area contributed by atoms with Gasteiger partial charge in [-0.15, -0.1) is 0 Å². The van der Waals surface area contributed by atoms with E-state index in [1.165, 1.54) is 64.2 Å². The summed E-state index contributed by atoms with van der Waals surface area (Å²) in [5.41, 5.74) is 0. The fourth-order valence-corrected chi connectivity index (χ4v) is 3.65. The zero-order valence-corrected chi connectivity index (χ0v) is 11.4. The smallest absolute Gasteiger partial charge is 0.0331 e. The maximum absolute atomic E-state index is 2.44. The largest absolute Gasteiger partial charge is 0.348 e. The van der Waals surface area contributed by atoms with Crippen LogP contribution >= 0.6 is 0 Å². The van der Waals surface area contributed by atoms with Crippen molar-refractivity contribution < 1.29 is 0 Å². The van der Waals surface area contributed by atoms with E-state index in [0.29, 0.717) is 0 Å². The van der Waals surface area contributed by atoms with Crippen molar-refractivity contribution in [3.63, 3.8) is 0 Å². The summed E-state index contributed by atoms with van der Waals surface area (Å²) in [7, 11) is 0. The molecule has 3 rings (SSSR count). The van der Waals surface area contributed by atoms with Crippen molar-refractivity contribution in [1.82, 2.24) is 9.80 Å². The summed E-state index contributed by atoms with van der Waals surface area (Å²) in [6.45, 7) is 0. The van der Waals surface area contributed by atoms with Gasteiger partial charge >= 0.3 is 0 Å². The topological polar surface area (TPSA) is 6.48 Å². The minimum absolute atomic E-state index is 0.764. The first-order valence-corrected chi connectivity index (χ1v) is 7.85. The van der Waals surface area contributed by atoms with Gasteiger partial charge < -0.3 is 9.80 Å². The molecule has 0 N–H and O–H groups in total. The molecule has 2 aliphatic carbocycles. The number of nitrogens with zero attached hydrogens (tertiary/aromatic N) is 2.